The number of rotatable bonds is 6. The quantitative estimate of drug-likeness (QED) is 0.193. The van der Waals surface area contributed by atoms with Crippen LogP contribution < -0.4 is 4.74 Å². The standard InChI is InChI=1S/C28H23BrN2O4/c1-35-23-9-5-3-7-21(23)25-24(26(32)17-10-12-19(29)13-11-17)27(33)28(34)31(25)15-14-18-16-30-22-8-4-2-6-20(18)22/h2-13,16,25,30,32H,14-15H2,1H3. The Bertz CT molecular complexity index is 1460. The van der Waals surface area contributed by atoms with Gasteiger partial charge in [0.25, 0.3) is 11.7 Å². The number of aliphatic hydroxyl groups excluding tert-OH is 1. The van der Waals surface area contributed by atoms with Crippen molar-refractivity contribution in [2.24, 2.45) is 0 Å². The minimum absolute atomic E-state index is 0.0562. The van der Waals surface area contributed by atoms with Gasteiger partial charge in [-0.3, -0.25) is 9.59 Å². The minimum Gasteiger partial charge on any atom is -0.507 e. The van der Waals surface area contributed by atoms with Gasteiger partial charge in [0, 0.05) is 39.2 Å². The molecule has 2 N–H and O–H groups in total. The number of aliphatic hydroxyl groups is 1. The molecule has 176 valence electrons. The number of fused-ring (bicyclic) bond motifs is 1. The first kappa shape index (κ1) is 22.9. The second kappa shape index (κ2) is 9.43. The van der Waals surface area contributed by atoms with Gasteiger partial charge < -0.3 is 19.7 Å². The van der Waals surface area contributed by atoms with E-state index in [2.05, 4.69) is 20.9 Å². The number of nitrogens with one attached hydrogen (secondary N) is 1. The molecule has 7 heteroatoms. The molecule has 0 bridgehead atoms. The summed E-state index contributed by atoms with van der Waals surface area (Å²) >= 11 is 3.39. The molecule has 1 unspecified atom stereocenters. The van der Waals surface area contributed by atoms with Crippen LogP contribution in [0.2, 0.25) is 0 Å². The molecule has 0 radical (unpaired) electrons. The van der Waals surface area contributed by atoms with E-state index in [4.69, 9.17) is 4.74 Å². The highest BCUT2D eigenvalue weighted by Crippen LogP contribution is 2.42. The number of halogens is 1. The lowest BCUT2D eigenvalue weighted by atomic mass is 9.94. The van der Waals surface area contributed by atoms with Crippen molar-refractivity contribution in [1.29, 1.82) is 0 Å². The highest BCUT2D eigenvalue weighted by atomic mass is 79.9. The number of hydrogen-bond donors (Lipinski definition) is 2. The van der Waals surface area contributed by atoms with Crippen molar-refractivity contribution in [1.82, 2.24) is 9.88 Å². The van der Waals surface area contributed by atoms with Gasteiger partial charge in [-0.05, 0) is 36.2 Å². The lowest BCUT2D eigenvalue weighted by Gasteiger charge is -2.26. The first-order chi connectivity index (χ1) is 17.0. The molecular weight excluding hydrogens is 508 g/mol. The summed E-state index contributed by atoms with van der Waals surface area (Å²) < 4.78 is 6.41. The summed E-state index contributed by atoms with van der Waals surface area (Å²) in [4.78, 5) is 31.4. The van der Waals surface area contributed by atoms with Crippen LogP contribution in [0.4, 0.5) is 0 Å². The van der Waals surface area contributed by atoms with Gasteiger partial charge in [0.2, 0.25) is 0 Å². The van der Waals surface area contributed by atoms with Gasteiger partial charge in [-0.15, -0.1) is 0 Å². The van der Waals surface area contributed by atoms with Crippen LogP contribution in [0.5, 0.6) is 5.75 Å². The Morgan fingerprint density at radius 1 is 1.03 bits per heavy atom. The number of methoxy groups -OCH3 is 1. The molecule has 6 nitrogen and oxygen atoms in total. The molecule has 1 aliphatic rings. The lowest BCUT2D eigenvalue weighted by molar-refractivity contribution is -0.139. The Morgan fingerprint density at radius 2 is 1.74 bits per heavy atom. The number of hydrogen-bond acceptors (Lipinski definition) is 4. The minimum atomic E-state index is -0.778. The third-order valence-corrected chi connectivity index (χ3v) is 6.92. The SMILES string of the molecule is COc1ccccc1C1C(=C(O)c2ccc(Br)cc2)C(=O)C(=O)N1CCc1c[nH]c2ccccc12. The van der Waals surface area contributed by atoms with E-state index in [-0.39, 0.29) is 11.3 Å². The maximum atomic E-state index is 13.3. The number of H-pyrrole nitrogens is 1. The smallest absolute Gasteiger partial charge is 0.295 e. The third kappa shape index (κ3) is 4.12. The van der Waals surface area contributed by atoms with Crippen molar-refractivity contribution >= 4 is 44.3 Å². The van der Waals surface area contributed by atoms with Crippen molar-refractivity contribution in [3.8, 4) is 5.75 Å². The third-order valence-electron chi connectivity index (χ3n) is 6.39. The zero-order valence-corrected chi connectivity index (χ0v) is 20.6. The number of likely N-dealkylation sites (tertiary alicyclic amines) is 1. The number of ether oxygens (including phenoxy) is 1. The summed E-state index contributed by atoms with van der Waals surface area (Å²) in [5, 5.41) is 12.3. The van der Waals surface area contributed by atoms with Gasteiger partial charge in [-0.2, -0.15) is 0 Å². The van der Waals surface area contributed by atoms with Crippen molar-refractivity contribution in [3.05, 3.63) is 106 Å². The Balaban J connectivity index is 1.59. The monoisotopic (exact) mass is 530 g/mol. The van der Waals surface area contributed by atoms with Gasteiger partial charge in [-0.25, -0.2) is 0 Å². The predicted molar refractivity (Wildman–Crippen MR) is 138 cm³/mol. The number of para-hydroxylation sites is 2. The van der Waals surface area contributed by atoms with Crippen molar-refractivity contribution < 1.29 is 19.4 Å². The first-order valence-corrected chi connectivity index (χ1v) is 12.0. The van der Waals surface area contributed by atoms with Gasteiger partial charge in [0.1, 0.15) is 11.5 Å². The van der Waals surface area contributed by atoms with Gasteiger partial charge in [-0.1, -0.05) is 64.5 Å². The van der Waals surface area contributed by atoms with Crippen LogP contribution in [0, 0.1) is 0 Å². The number of ketones is 1. The average molecular weight is 531 g/mol. The molecule has 1 fully saturated rings. The predicted octanol–water partition coefficient (Wildman–Crippen LogP) is 5.60. The molecule has 0 aliphatic carbocycles. The number of benzene rings is 3. The second-order valence-electron chi connectivity index (χ2n) is 8.35. The van der Waals surface area contributed by atoms with Crippen LogP contribution in [0.3, 0.4) is 0 Å². The summed E-state index contributed by atoms with van der Waals surface area (Å²) in [7, 11) is 1.55. The second-order valence-corrected chi connectivity index (χ2v) is 9.27. The van der Waals surface area contributed by atoms with E-state index in [1.165, 1.54) is 4.90 Å². The molecular formula is C28H23BrN2O4. The van der Waals surface area contributed by atoms with Crippen LogP contribution in [-0.4, -0.2) is 40.3 Å². The molecule has 0 spiro atoms. The first-order valence-electron chi connectivity index (χ1n) is 11.2. The van der Waals surface area contributed by atoms with Crippen LogP contribution in [0.1, 0.15) is 22.7 Å². The lowest BCUT2D eigenvalue weighted by Crippen LogP contribution is -2.31. The Kier molecular flexibility index (Phi) is 6.17. The van der Waals surface area contributed by atoms with Crippen molar-refractivity contribution in [3.63, 3.8) is 0 Å². The number of nitrogens with zero attached hydrogens (tertiary/aromatic N) is 1. The van der Waals surface area contributed by atoms with E-state index in [1.807, 2.05) is 48.7 Å². The summed E-state index contributed by atoms with van der Waals surface area (Å²) in [6.45, 7) is 0.298. The van der Waals surface area contributed by atoms with E-state index in [9.17, 15) is 14.7 Å². The van der Waals surface area contributed by atoms with Crippen LogP contribution in [-0.2, 0) is 16.0 Å². The number of aromatic amines is 1. The molecule has 2 heterocycles. The summed E-state index contributed by atoms with van der Waals surface area (Å²) in [5.74, 6) is -1.01. The summed E-state index contributed by atoms with van der Waals surface area (Å²) in [5.41, 5.74) is 3.23. The van der Waals surface area contributed by atoms with E-state index in [1.54, 1.807) is 37.4 Å². The number of carbonyl (C=O) groups is 2. The zero-order chi connectivity index (χ0) is 24.5. The highest BCUT2D eigenvalue weighted by Gasteiger charge is 2.46. The molecule has 1 saturated heterocycles. The highest BCUT2D eigenvalue weighted by molar-refractivity contribution is 9.10. The fraction of sp³-hybridized carbons (Fsp3) is 0.143. The summed E-state index contributed by atoms with van der Waals surface area (Å²) in [6, 6.07) is 21.4. The molecule has 1 atom stereocenters. The van der Waals surface area contributed by atoms with Gasteiger partial charge in [0.05, 0.1) is 18.7 Å². The largest absolute Gasteiger partial charge is 0.507 e. The Morgan fingerprint density at radius 3 is 2.51 bits per heavy atom. The van der Waals surface area contributed by atoms with E-state index in [0.29, 0.717) is 29.8 Å². The number of Topliss-reactive ketones (excluding diaryl/α,β-unsaturated/α-hetero) is 1. The number of aromatic nitrogens is 1. The van der Waals surface area contributed by atoms with Crippen LogP contribution >= 0.6 is 15.9 Å². The van der Waals surface area contributed by atoms with Crippen LogP contribution in [0.25, 0.3) is 16.7 Å². The van der Waals surface area contributed by atoms with Crippen LogP contribution in [0.15, 0.2) is 89.0 Å². The summed E-state index contributed by atoms with van der Waals surface area (Å²) in [6.07, 6.45) is 2.47. The molecule has 35 heavy (non-hydrogen) atoms. The van der Waals surface area contributed by atoms with E-state index in [0.717, 1.165) is 20.9 Å². The maximum absolute atomic E-state index is 13.3. The average Bonchev–Trinajstić information content (AvgIpc) is 3.41. The Labute approximate surface area is 211 Å². The number of carbonyl (C=O) groups excluding carboxylic acids is 2. The fourth-order valence-electron chi connectivity index (χ4n) is 4.67. The molecule has 3 aromatic carbocycles. The van der Waals surface area contributed by atoms with E-state index >= 15 is 0 Å². The van der Waals surface area contributed by atoms with Crippen molar-refractivity contribution in [2.75, 3.05) is 13.7 Å². The molecule has 5 rings (SSSR count). The molecule has 0 saturated carbocycles. The Hall–Kier alpha value is -3.84. The van der Waals surface area contributed by atoms with Gasteiger partial charge in [0.15, 0.2) is 0 Å². The number of amides is 1. The zero-order valence-electron chi connectivity index (χ0n) is 19.0. The molecule has 4 aromatic rings. The van der Waals surface area contributed by atoms with Gasteiger partial charge >= 0.3 is 0 Å². The normalized spacial score (nSPS) is 17.3. The fourth-order valence-corrected chi connectivity index (χ4v) is 4.93. The van der Waals surface area contributed by atoms with Crippen molar-refractivity contribution in [2.45, 2.75) is 12.5 Å². The molecule has 1 amide bonds. The topological polar surface area (TPSA) is 82.6 Å². The molecule has 1 aliphatic heterocycles. The maximum Gasteiger partial charge on any atom is 0.295 e. The molecule has 1 aromatic heterocycles. The van der Waals surface area contributed by atoms with E-state index < -0.39 is 17.7 Å².